The minimum absolute atomic E-state index is 0.330. The number of hydrogen-bond acceptors (Lipinski definition) is 2. The number of nitrogens with two attached hydrogens (primary N) is 1. The molecule has 3 nitrogen and oxygen atoms in total. The van der Waals surface area contributed by atoms with E-state index in [1.807, 2.05) is 0 Å². The van der Waals surface area contributed by atoms with E-state index in [-0.39, 0.29) is 0 Å². The summed E-state index contributed by atoms with van der Waals surface area (Å²) in [5.41, 5.74) is 7.40. The Morgan fingerprint density at radius 1 is 1.18 bits per heavy atom. The zero-order valence-corrected chi connectivity index (χ0v) is 10.5. The predicted octanol–water partition coefficient (Wildman–Crippen LogP) is 2.70. The molecule has 5 rings (SSSR count). The van der Waals surface area contributed by atoms with E-state index in [2.05, 4.69) is 22.9 Å². The van der Waals surface area contributed by atoms with E-state index in [9.17, 15) is 0 Å². The van der Waals surface area contributed by atoms with Crippen molar-refractivity contribution in [2.24, 2.45) is 17.8 Å². The molecule has 0 spiro atoms. The third kappa shape index (κ3) is 1.31. The van der Waals surface area contributed by atoms with Gasteiger partial charge < -0.3 is 5.73 Å². The highest BCUT2D eigenvalue weighted by Gasteiger charge is 2.52. The summed E-state index contributed by atoms with van der Waals surface area (Å²) in [6.07, 6.45) is 10.7. The van der Waals surface area contributed by atoms with Crippen LogP contribution >= 0.6 is 0 Å². The number of rotatable bonds is 1. The second-order valence-electron chi connectivity index (χ2n) is 6.78. The number of nitrogens with zero attached hydrogens (tertiary/aromatic N) is 2. The smallest absolute Gasteiger partial charge is 0.148 e. The molecule has 0 aromatic carbocycles. The lowest BCUT2D eigenvalue weighted by atomic mass is 9.53. The van der Waals surface area contributed by atoms with Crippen LogP contribution in [0.4, 0.5) is 5.82 Å². The van der Waals surface area contributed by atoms with Gasteiger partial charge in [-0.15, -0.1) is 0 Å². The maximum Gasteiger partial charge on any atom is 0.148 e. The summed E-state index contributed by atoms with van der Waals surface area (Å²) in [5, 5.41) is 4.59. The van der Waals surface area contributed by atoms with Crippen LogP contribution in [-0.2, 0) is 5.54 Å². The minimum Gasteiger partial charge on any atom is -0.382 e. The van der Waals surface area contributed by atoms with E-state index in [1.165, 1.54) is 38.5 Å². The Kier molecular flexibility index (Phi) is 1.80. The van der Waals surface area contributed by atoms with Gasteiger partial charge in [0, 0.05) is 11.8 Å². The van der Waals surface area contributed by atoms with Gasteiger partial charge in [0.25, 0.3) is 0 Å². The largest absolute Gasteiger partial charge is 0.382 e. The lowest BCUT2D eigenvalue weighted by molar-refractivity contribution is -0.0492. The zero-order chi connectivity index (χ0) is 11.6. The molecular weight excluding hydrogens is 210 g/mol. The predicted molar refractivity (Wildman–Crippen MR) is 67.5 cm³/mol. The first kappa shape index (κ1) is 9.98. The first-order chi connectivity index (χ1) is 8.14. The lowest BCUT2D eigenvalue weighted by Crippen LogP contribution is -2.52. The van der Waals surface area contributed by atoms with Crippen molar-refractivity contribution in [1.82, 2.24) is 9.78 Å². The van der Waals surface area contributed by atoms with Gasteiger partial charge in [-0.2, -0.15) is 5.10 Å². The highest BCUT2D eigenvalue weighted by molar-refractivity contribution is 5.36. The van der Waals surface area contributed by atoms with Gasteiger partial charge in [-0.1, -0.05) is 0 Å². The fourth-order valence-electron chi connectivity index (χ4n) is 5.06. The second kappa shape index (κ2) is 3.06. The van der Waals surface area contributed by atoms with Crippen LogP contribution in [0.3, 0.4) is 0 Å². The standard InChI is InChI=1S/C14H21N3/c1-9-8-17(16-13(9)15)14-5-10-2-11(6-14)4-12(3-10)7-14/h8,10-12H,2-7H2,1H3,(H2,15,16). The number of anilines is 1. The van der Waals surface area contributed by atoms with Gasteiger partial charge in [-0.05, 0) is 63.2 Å². The topological polar surface area (TPSA) is 43.8 Å². The molecule has 1 aromatic rings. The number of hydrogen-bond donors (Lipinski definition) is 1. The quantitative estimate of drug-likeness (QED) is 0.807. The molecule has 92 valence electrons. The highest BCUT2D eigenvalue weighted by atomic mass is 15.3. The van der Waals surface area contributed by atoms with Gasteiger partial charge in [-0.25, -0.2) is 0 Å². The highest BCUT2D eigenvalue weighted by Crippen LogP contribution is 2.58. The SMILES string of the molecule is Cc1cn(C23CC4CC(CC(C4)C2)C3)nc1N. The molecule has 2 N–H and O–H groups in total. The van der Waals surface area contributed by atoms with Crippen molar-refractivity contribution in [3.63, 3.8) is 0 Å². The van der Waals surface area contributed by atoms with Crippen molar-refractivity contribution in [2.75, 3.05) is 5.73 Å². The van der Waals surface area contributed by atoms with Crippen LogP contribution in [-0.4, -0.2) is 9.78 Å². The second-order valence-corrected chi connectivity index (χ2v) is 6.78. The molecule has 0 unspecified atom stereocenters. The maximum atomic E-state index is 5.93. The van der Waals surface area contributed by atoms with Crippen LogP contribution in [0.2, 0.25) is 0 Å². The van der Waals surface area contributed by atoms with E-state index in [1.54, 1.807) is 0 Å². The maximum absolute atomic E-state index is 5.93. The Balaban J connectivity index is 1.77. The first-order valence-corrected chi connectivity index (χ1v) is 6.97. The fourth-order valence-corrected chi connectivity index (χ4v) is 5.06. The Hall–Kier alpha value is -0.990. The first-order valence-electron chi connectivity index (χ1n) is 6.97. The molecule has 4 fully saturated rings. The van der Waals surface area contributed by atoms with Gasteiger partial charge in [-0.3, -0.25) is 4.68 Å². The normalized spacial score (nSPS) is 43.2. The molecule has 0 atom stereocenters. The van der Waals surface area contributed by atoms with Crippen LogP contribution in [0.25, 0.3) is 0 Å². The summed E-state index contributed by atoms with van der Waals surface area (Å²) in [6, 6.07) is 0. The van der Waals surface area contributed by atoms with Crippen molar-refractivity contribution in [1.29, 1.82) is 0 Å². The van der Waals surface area contributed by atoms with Crippen molar-refractivity contribution < 1.29 is 0 Å². The van der Waals surface area contributed by atoms with Crippen molar-refractivity contribution in [3.8, 4) is 0 Å². The van der Waals surface area contributed by atoms with E-state index in [0.29, 0.717) is 5.54 Å². The molecule has 3 heteroatoms. The van der Waals surface area contributed by atoms with Crippen molar-refractivity contribution in [2.45, 2.75) is 51.0 Å². The Bertz CT molecular complexity index is 405. The molecule has 4 aliphatic rings. The summed E-state index contributed by atoms with van der Waals surface area (Å²) in [4.78, 5) is 0. The molecule has 0 radical (unpaired) electrons. The minimum atomic E-state index is 0.330. The summed E-state index contributed by atoms with van der Waals surface area (Å²) in [6.45, 7) is 2.07. The zero-order valence-electron chi connectivity index (χ0n) is 10.5. The molecule has 4 saturated carbocycles. The summed E-state index contributed by atoms with van der Waals surface area (Å²) < 4.78 is 2.24. The summed E-state index contributed by atoms with van der Waals surface area (Å²) in [7, 11) is 0. The van der Waals surface area contributed by atoms with Gasteiger partial charge in [0.15, 0.2) is 0 Å². The van der Waals surface area contributed by atoms with Crippen LogP contribution in [0.15, 0.2) is 6.20 Å². The van der Waals surface area contributed by atoms with Gasteiger partial charge >= 0.3 is 0 Å². The fraction of sp³-hybridized carbons (Fsp3) is 0.786. The molecule has 17 heavy (non-hydrogen) atoms. The van der Waals surface area contributed by atoms with Crippen molar-refractivity contribution in [3.05, 3.63) is 11.8 Å². The van der Waals surface area contributed by atoms with Crippen LogP contribution in [0.1, 0.15) is 44.1 Å². The third-order valence-electron chi connectivity index (χ3n) is 5.43. The summed E-state index contributed by atoms with van der Waals surface area (Å²) in [5.74, 6) is 3.62. The summed E-state index contributed by atoms with van der Waals surface area (Å²) >= 11 is 0. The van der Waals surface area contributed by atoms with Gasteiger partial charge in [0.1, 0.15) is 5.82 Å². The monoisotopic (exact) mass is 231 g/mol. The molecule has 1 aromatic heterocycles. The van der Waals surface area contributed by atoms with E-state index in [4.69, 9.17) is 5.73 Å². The molecule has 4 aliphatic carbocycles. The Labute approximate surface area is 102 Å². The molecular formula is C14H21N3. The van der Waals surface area contributed by atoms with Crippen molar-refractivity contribution >= 4 is 5.82 Å². The van der Waals surface area contributed by atoms with Gasteiger partial charge in [0.05, 0.1) is 5.54 Å². The van der Waals surface area contributed by atoms with E-state index < -0.39 is 0 Å². The lowest BCUT2D eigenvalue weighted by Gasteiger charge is -2.56. The van der Waals surface area contributed by atoms with Crippen LogP contribution in [0, 0.1) is 24.7 Å². The number of aryl methyl sites for hydroxylation is 1. The number of nitrogen functional groups attached to an aromatic ring is 1. The molecule has 0 aliphatic heterocycles. The third-order valence-corrected chi connectivity index (χ3v) is 5.43. The Morgan fingerprint density at radius 3 is 2.12 bits per heavy atom. The van der Waals surface area contributed by atoms with Gasteiger partial charge in [0.2, 0.25) is 0 Å². The average molecular weight is 231 g/mol. The molecule has 0 saturated heterocycles. The van der Waals surface area contributed by atoms with E-state index >= 15 is 0 Å². The average Bonchev–Trinajstić information content (AvgIpc) is 2.58. The number of aromatic nitrogens is 2. The molecule has 0 amide bonds. The van der Waals surface area contributed by atoms with Crippen LogP contribution < -0.4 is 5.73 Å². The molecule has 1 heterocycles. The van der Waals surface area contributed by atoms with E-state index in [0.717, 1.165) is 29.1 Å². The molecule has 4 bridgehead atoms. The van der Waals surface area contributed by atoms with Crippen LogP contribution in [0.5, 0.6) is 0 Å². The Morgan fingerprint density at radius 2 is 1.71 bits per heavy atom.